The van der Waals surface area contributed by atoms with Crippen LogP contribution in [0.1, 0.15) is 32.1 Å². The van der Waals surface area contributed by atoms with E-state index in [-0.39, 0.29) is 11.6 Å². The van der Waals surface area contributed by atoms with Crippen LogP contribution in [-0.2, 0) is 9.36 Å². The Morgan fingerprint density at radius 1 is 1.19 bits per heavy atom. The van der Waals surface area contributed by atoms with E-state index in [1.807, 2.05) is 0 Å². The summed E-state index contributed by atoms with van der Waals surface area (Å²) >= 11 is 0. The fourth-order valence-electron chi connectivity index (χ4n) is 1.16. The van der Waals surface area contributed by atoms with Gasteiger partial charge in [0.25, 0.3) is 0 Å². The Hall–Kier alpha value is -0.460. The van der Waals surface area contributed by atoms with E-state index in [0.717, 1.165) is 6.42 Å². The van der Waals surface area contributed by atoms with Crippen molar-refractivity contribution in [2.24, 2.45) is 5.73 Å². The summed E-state index contributed by atoms with van der Waals surface area (Å²) < 4.78 is 10.5. The third kappa shape index (κ3) is 11.6. The predicted molar refractivity (Wildman–Crippen MR) is 59.2 cm³/mol. The smallest absolute Gasteiger partial charge is 0.325 e. The lowest BCUT2D eigenvalue weighted by atomic mass is 10.1. The molecule has 0 aliphatic rings. The van der Waals surface area contributed by atoms with Gasteiger partial charge in [-0.15, -0.1) is 0 Å². The molecule has 16 heavy (non-hydrogen) atoms. The van der Waals surface area contributed by atoms with Crippen LogP contribution in [0.2, 0.25) is 0 Å². The highest BCUT2D eigenvalue weighted by Gasteiger charge is 2.12. The van der Waals surface area contributed by atoms with Gasteiger partial charge in [0.2, 0.25) is 0 Å². The topological polar surface area (TPSA) is 152 Å². The molecule has 7 nitrogen and oxygen atoms in total. The van der Waals surface area contributed by atoms with Gasteiger partial charge in [0.05, 0.1) is 0 Å². The molecule has 0 bridgehead atoms. The molecule has 0 fully saturated rings. The van der Waals surface area contributed by atoms with Crippen LogP contribution in [0.15, 0.2) is 0 Å². The monoisotopic (exact) mass is 257 g/mol. The average molecular weight is 257 g/mol. The second kappa shape index (κ2) is 8.66. The summed E-state index contributed by atoms with van der Waals surface area (Å²) in [6.45, 7) is 0. The van der Waals surface area contributed by atoms with E-state index in [0.29, 0.717) is 25.7 Å². The number of hydrogen-bond donors (Lipinski definition) is 4. The van der Waals surface area contributed by atoms with Gasteiger partial charge in [-0.2, -0.15) is 0 Å². The SMILES string of the molecule is N[C@H](CCCCCCP(=O)(O)O)C(=O)O.O. The van der Waals surface area contributed by atoms with Gasteiger partial charge in [0.15, 0.2) is 0 Å². The van der Waals surface area contributed by atoms with Crippen molar-refractivity contribution >= 4 is 13.6 Å². The minimum atomic E-state index is -3.87. The molecule has 0 aromatic heterocycles. The average Bonchev–Trinajstić information content (AvgIpc) is 2.08. The van der Waals surface area contributed by atoms with Crippen molar-refractivity contribution < 1.29 is 29.7 Å². The quantitative estimate of drug-likeness (QED) is 0.346. The van der Waals surface area contributed by atoms with Gasteiger partial charge >= 0.3 is 13.6 Å². The molecule has 0 unspecified atom stereocenters. The lowest BCUT2D eigenvalue weighted by Crippen LogP contribution is -2.29. The van der Waals surface area contributed by atoms with Crippen LogP contribution in [0.25, 0.3) is 0 Å². The number of carboxylic acids is 1. The van der Waals surface area contributed by atoms with Crippen molar-refractivity contribution in [3.63, 3.8) is 0 Å². The van der Waals surface area contributed by atoms with Crippen LogP contribution >= 0.6 is 7.60 Å². The Morgan fingerprint density at radius 2 is 1.69 bits per heavy atom. The second-order valence-corrected chi connectivity index (χ2v) is 5.31. The maximum Gasteiger partial charge on any atom is 0.325 e. The first-order valence-corrected chi connectivity index (χ1v) is 6.65. The molecular weight excluding hydrogens is 237 g/mol. The van der Waals surface area contributed by atoms with Gasteiger partial charge in [-0.25, -0.2) is 0 Å². The highest BCUT2D eigenvalue weighted by atomic mass is 31.2. The molecule has 0 saturated carbocycles. The highest BCUT2D eigenvalue weighted by molar-refractivity contribution is 7.51. The Bertz CT molecular complexity index is 241. The minimum absolute atomic E-state index is 0. The van der Waals surface area contributed by atoms with Gasteiger partial charge in [-0.1, -0.05) is 19.3 Å². The molecule has 1 atom stereocenters. The van der Waals surface area contributed by atoms with Crippen LogP contribution in [0.4, 0.5) is 0 Å². The zero-order valence-corrected chi connectivity index (χ0v) is 9.90. The highest BCUT2D eigenvalue weighted by Crippen LogP contribution is 2.35. The maximum absolute atomic E-state index is 10.5. The maximum atomic E-state index is 10.5. The molecular formula is C8H20NO6P. The van der Waals surface area contributed by atoms with E-state index in [1.54, 1.807) is 0 Å². The molecule has 0 aromatic rings. The normalized spacial score (nSPS) is 12.9. The summed E-state index contributed by atoms with van der Waals surface area (Å²) in [5.41, 5.74) is 5.28. The molecule has 0 heterocycles. The van der Waals surface area contributed by atoms with E-state index < -0.39 is 19.6 Å². The Labute approximate surface area is 94.1 Å². The van der Waals surface area contributed by atoms with Gasteiger partial charge in [0, 0.05) is 6.16 Å². The van der Waals surface area contributed by atoms with Crippen molar-refractivity contribution in [3.8, 4) is 0 Å². The van der Waals surface area contributed by atoms with Crippen molar-refractivity contribution in [1.82, 2.24) is 0 Å². The molecule has 0 aromatic carbocycles. The fraction of sp³-hybridized carbons (Fsp3) is 0.875. The first-order valence-electron chi connectivity index (χ1n) is 4.86. The van der Waals surface area contributed by atoms with E-state index in [4.69, 9.17) is 20.6 Å². The van der Waals surface area contributed by atoms with E-state index in [9.17, 15) is 9.36 Å². The van der Waals surface area contributed by atoms with Gasteiger partial charge in [-0.05, 0) is 12.8 Å². The second-order valence-electron chi connectivity index (χ2n) is 3.54. The summed E-state index contributed by atoms with van der Waals surface area (Å²) in [5.74, 6) is -1.01. The number of hydrogen-bond acceptors (Lipinski definition) is 3. The number of aliphatic carboxylic acids is 1. The van der Waals surface area contributed by atoms with Crippen molar-refractivity contribution in [2.75, 3.05) is 6.16 Å². The van der Waals surface area contributed by atoms with Gasteiger partial charge in [0.1, 0.15) is 6.04 Å². The summed E-state index contributed by atoms with van der Waals surface area (Å²) in [6, 6.07) is -0.827. The van der Waals surface area contributed by atoms with Crippen LogP contribution in [0.5, 0.6) is 0 Å². The summed E-state index contributed by atoms with van der Waals surface area (Å²) in [7, 11) is -3.87. The van der Waals surface area contributed by atoms with Crippen molar-refractivity contribution in [1.29, 1.82) is 0 Å². The van der Waals surface area contributed by atoms with Crippen LogP contribution in [0.3, 0.4) is 0 Å². The van der Waals surface area contributed by atoms with Crippen LogP contribution < -0.4 is 5.73 Å². The first kappa shape index (κ1) is 17.9. The van der Waals surface area contributed by atoms with Crippen molar-refractivity contribution in [2.45, 2.75) is 38.1 Å². The predicted octanol–water partition coefficient (Wildman–Crippen LogP) is -0.298. The third-order valence-electron chi connectivity index (χ3n) is 2.03. The summed E-state index contributed by atoms with van der Waals surface area (Å²) in [6.07, 6.45) is 2.89. The Morgan fingerprint density at radius 3 is 2.12 bits per heavy atom. The molecule has 8 heteroatoms. The molecule has 0 aliphatic carbocycles. The molecule has 0 spiro atoms. The zero-order valence-electron chi connectivity index (χ0n) is 9.00. The van der Waals surface area contributed by atoms with E-state index >= 15 is 0 Å². The van der Waals surface area contributed by atoms with Gasteiger partial charge in [-0.3, -0.25) is 9.36 Å². The van der Waals surface area contributed by atoms with Crippen molar-refractivity contribution in [3.05, 3.63) is 0 Å². The number of unbranched alkanes of at least 4 members (excludes halogenated alkanes) is 3. The standard InChI is InChI=1S/C8H18NO5P.H2O/c9-7(8(10)11)5-3-1-2-4-6-15(12,13)14;/h7H,1-6,9H2,(H,10,11)(H2,12,13,14);1H2/t7-;/m1./s1. The minimum Gasteiger partial charge on any atom is -0.480 e. The molecule has 7 N–H and O–H groups in total. The fourth-order valence-corrected chi connectivity index (χ4v) is 1.79. The van der Waals surface area contributed by atoms with Crippen LogP contribution in [0, 0.1) is 0 Å². The molecule has 0 amide bonds. The lowest BCUT2D eigenvalue weighted by Gasteiger charge is -2.06. The number of carbonyl (C=O) groups is 1. The Balaban J connectivity index is 0. The molecule has 0 aliphatic heterocycles. The summed E-state index contributed by atoms with van der Waals surface area (Å²) in [4.78, 5) is 27.4. The third-order valence-corrected chi connectivity index (χ3v) is 2.93. The summed E-state index contributed by atoms with van der Waals surface area (Å²) in [5, 5.41) is 8.46. The van der Waals surface area contributed by atoms with E-state index in [2.05, 4.69) is 0 Å². The largest absolute Gasteiger partial charge is 0.480 e. The number of rotatable bonds is 8. The number of nitrogens with two attached hydrogens (primary N) is 1. The lowest BCUT2D eigenvalue weighted by molar-refractivity contribution is -0.138. The molecule has 0 rings (SSSR count). The van der Waals surface area contributed by atoms with E-state index in [1.165, 1.54) is 0 Å². The van der Waals surface area contributed by atoms with Gasteiger partial charge < -0.3 is 26.1 Å². The van der Waals surface area contributed by atoms with Crippen LogP contribution in [-0.4, -0.2) is 38.5 Å². The first-order chi connectivity index (χ1) is 6.83. The molecule has 0 radical (unpaired) electrons. The molecule has 98 valence electrons. The Kier molecular flexibility index (Phi) is 9.70. The molecule has 0 saturated heterocycles. The zero-order chi connectivity index (χ0) is 11.9. The number of carboxylic acid groups (broad SMARTS) is 1.